The Balaban J connectivity index is 1.58. The third-order valence-corrected chi connectivity index (χ3v) is 4.97. The van der Waals surface area contributed by atoms with Crippen LogP contribution in [0, 0.1) is 0 Å². The van der Waals surface area contributed by atoms with E-state index in [2.05, 4.69) is 15.6 Å². The monoisotopic (exact) mass is 367 g/mol. The fourth-order valence-electron chi connectivity index (χ4n) is 3.60. The third kappa shape index (κ3) is 3.06. The summed E-state index contributed by atoms with van der Waals surface area (Å²) in [6.45, 7) is 1.49. The molecule has 5 nitrogen and oxygen atoms in total. The number of carbonyl (C=O) groups excluding carboxylic acids is 2. The number of rotatable bonds is 3. The molecule has 132 valence electrons. The Bertz CT molecular complexity index is 1010. The van der Waals surface area contributed by atoms with Crippen LogP contribution in [-0.2, 0) is 11.2 Å². The van der Waals surface area contributed by atoms with Crippen molar-refractivity contribution < 1.29 is 9.59 Å². The zero-order valence-electron chi connectivity index (χ0n) is 14.2. The molecular formula is C20H18ClN3O2. The fraction of sp³-hybridized carbons (Fsp3) is 0.200. The lowest BCUT2D eigenvalue weighted by molar-refractivity contribution is -0.119. The number of hydrogen-bond acceptors (Lipinski definition) is 2. The summed E-state index contributed by atoms with van der Waals surface area (Å²) < 4.78 is 0. The Hall–Kier alpha value is -2.79. The van der Waals surface area contributed by atoms with Gasteiger partial charge in [0, 0.05) is 22.8 Å². The van der Waals surface area contributed by atoms with Crippen molar-refractivity contribution in [3.63, 3.8) is 0 Å². The average Bonchev–Trinajstić information content (AvgIpc) is 3.16. The summed E-state index contributed by atoms with van der Waals surface area (Å²) in [4.78, 5) is 27.5. The SMILES string of the molecule is CC(=O)N[C@@H]1c2ccccc2C[C@H]1NC(=O)c1cc2cc(Cl)ccc2[nH]1. The van der Waals surface area contributed by atoms with Gasteiger partial charge in [0.15, 0.2) is 0 Å². The molecule has 0 spiro atoms. The largest absolute Gasteiger partial charge is 0.351 e. The first-order valence-corrected chi connectivity index (χ1v) is 8.83. The molecule has 6 heteroatoms. The average molecular weight is 368 g/mol. The number of amides is 2. The number of nitrogens with one attached hydrogen (secondary N) is 3. The van der Waals surface area contributed by atoms with E-state index >= 15 is 0 Å². The second-order valence-corrected chi connectivity index (χ2v) is 7.01. The van der Waals surface area contributed by atoms with Crippen molar-refractivity contribution in [2.75, 3.05) is 0 Å². The molecule has 1 heterocycles. The number of carbonyl (C=O) groups is 2. The smallest absolute Gasteiger partial charge is 0.268 e. The van der Waals surface area contributed by atoms with Gasteiger partial charge in [-0.1, -0.05) is 35.9 Å². The highest BCUT2D eigenvalue weighted by atomic mass is 35.5. The Morgan fingerprint density at radius 2 is 1.92 bits per heavy atom. The lowest BCUT2D eigenvalue weighted by Crippen LogP contribution is -2.44. The molecule has 3 aromatic rings. The van der Waals surface area contributed by atoms with E-state index in [-0.39, 0.29) is 23.9 Å². The first kappa shape index (κ1) is 16.7. The first-order chi connectivity index (χ1) is 12.5. The van der Waals surface area contributed by atoms with Gasteiger partial charge < -0.3 is 15.6 Å². The van der Waals surface area contributed by atoms with Crippen molar-refractivity contribution in [1.29, 1.82) is 0 Å². The summed E-state index contributed by atoms with van der Waals surface area (Å²) in [6, 6.07) is 14.7. The van der Waals surface area contributed by atoms with Crippen LogP contribution in [0.3, 0.4) is 0 Å². The number of benzene rings is 2. The van der Waals surface area contributed by atoms with E-state index in [4.69, 9.17) is 11.6 Å². The summed E-state index contributed by atoms with van der Waals surface area (Å²) in [5.41, 5.74) is 3.52. The van der Waals surface area contributed by atoms with Gasteiger partial charge in [-0.15, -0.1) is 0 Å². The second kappa shape index (κ2) is 6.50. The molecule has 2 atom stereocenters. The summed E-state index contributed by atoms with van der Waals surface area (Å²) in [5.74, 6) is -0.323. The van der Waals surface area contributed by atoms with Crippen molar-refractivity contribution in [2.24, 2.45) is 0 Å². The van der Waals surface area contributed by atoms with Gasteiger partial charge in [-0.2, -0.15) is 0 Å². The van der Waals surface area contributed by atoms with Crippen molar-refractivity contribution in [1.82, 2.24) is 15.6 Å². The normalized spacial score (nSPS) is 18.5. The number of aromatic nitrogens is 1. The Labute approximate surface area is 155 Å². The van der Waals surface area contributed by atoms with Crippen LogP contribution in [-0.4, -0.2) is 22.8 Å². The van der Waals surface area contributed by atoms with Crippen LogP contribution in [0.25, 0.3) is 10.9 Å². The molecule has 0 radical (unpaired) electrons. The predicted octanol–water partition coefficient (Wildman–Crippen LogP) is 3.35. The zero-order valence-corrected chi connectivity index (χ0v) is 14.9. The quantitative estimate of drug-likeness (QED) is 0.664. The van der Waals surface area contributed by atoms with E-state index in [0.717, 1.165) is 22.0 Å². The van der Waals surface area contributed by atoms with Crippen LogP contribution in [0.5, 0.6) is 0 Å². The minimum Gasteiger partial charge on any atom is -0.351 e. The lowest BCUT2D eigenvalue weighted by Gasteiger charge is -2.22. The van der Waals surface area contributed by atoms with Gasteiger partial charge in [0.1, 0.15) is 5.69 Å². The van der Waals surface area contributed by atoms with Crippen LogP contribution in [0.2, 0.25) is 5.02 Å². The predicted molar refractivity (Wildman–Crippen MR) is 101 cm³/mol. The number of fused-ring (bicyclic) bond motifs is 2. The molecule has 0 fully saturated rings. The van der Waals surface area contributed by atoms with Gasteiger partial charge in [-0.25, -0.2) is 0 Å². The summed E-state index contributed by atoms with van der Waals surface area (Å²) in [7, 11) is 0. The van der Waals surface area contributed by atoms with Crippen molar-refractivity contribution in [3.8, 4) is 0 Å². The molecule has 1 aliphatic rings. The van der Waals surface area contributed by atoms with Crippen molar-refractivity contribution in [2.45, 2.75) is 25.4 Å². The van der Waals surface area contributed by atoms with E-state index in [0.29, 0.717) is 17.1 Å². The molecule has 3 N–H and O–H groups in total. The fourth-order valence-corrected chi connectivity index (χ4v) is 3.78. The van der Waals surface area contributed by atoms with Crippen LogP contribution < -0.4 is 10.6 Å². The summed E-state index contributed by atoms with van der Waals surface area (Å²) in [6.07, 6.45) is 0.679. The number of H-pyrrole nitrogens is 1. The number of hydrogen-bond donors (Lipinski definition) is 3. The van der Waals surface area contributed by atoms with E-state index in [9.17, 15) is 9.59 Å². The molecule has 2 aromatic carbocycles. The van der Waals surface area contributed by atoms with Crippen LogP contribution in [0.4, 0.5) is 0 Å². The van der Waals surface area contributed by atoms with E-state index in [1.807, 2.05) is 36.4 Å². The zero-order chi connectivity index (χ0) is 18.3. The Morgan fingerprint density at radius 1 is 1.12 bits per heavy atom. The molecule has 0 unspecified atom stereocenters. The maximum Gasteiger partial charge on any atom is 0.268 e. The molecule has 1 aromatic heterocycles. The lowest BCUT2D eigenvalue weighted by atomic mass is 10.1. The highest BCUT2D eigenvalue weighted by Gasteiger charge is 2.34. The highest BCUT2D eigenvalue weighted by molar-refractivity contribution is 6.31. The van der Waals surface area contributed by atoms with Gasteiger partial charge in [-0.3, -0.25) is 9.59 Å². The second-order valence-electron chi connectivity index (χ2n) is 6.58. The minimum absolute atomic E-state index is 0.119. The van der Waals surface area contributed by atoms with Gasteiger partial charge in [0.2, 0.25) is 5.91 Å². The molecule has 0 bridgehead atoms. The molecule has 26 heavy (non-hydrogen) atoms. The Morgan fingerprint density at radius 3 is 2.73 bits per heavy atom. The maximum atomic E-state index is 12.7. The van der Waals surface area contributed by atoms with Gasteiger partial charge in [-0.05, 0) is 41.8 Å². The van der Waals surface area contributed by atoms with Crippen molar-refractivity contribution in [3.05, 3.63) is 70.4 Å². The summed E-state index contributed by atoms with van der Waals surface area (Å²) in [5, 5.41) is 7.52. The molecular weight excluding hydrogens is 350 g/mol. The van der Waals surface area contributed by atoms with E-state index in [1.165, 1.54) is 6.92 Å². The van der Waals surface area contributed by atoms with Gasteiger partial charge in [0.25, 0.3) is 5.91 Å². The molecule has 0 saturated heterocycles. The number of aromatic amines is 1. The standard InChI is InChI=1S/C20H18ClN3O2/c1-11(25)22-19-15-5-3-2-4-12(15)9-17(19)24-20(26)18-10-13-8-14(21)6-7-16(13)23-18/h2-8,10,17,19,23H,9H2,1H3,(H,22,25)(H,24,26)/t17-,19-/m1/s1. The maximum absolute atomic E-state index is 12.7. The van der Waals surface area contributed by atoms with E-state index < -0.39 is 0 Å². The van der Waals surface area contributed by atoms with Crippen LogP contribution in [0.1, 0.15) is 34.6 Å². The van der Waals surface area contributed by atoms with Crippen LogP contribution >= 0.6 is 11.6 Å². The van der Waals surface area contributed by atoms with Crippen LogP contribution in [0.15, 0.2) is 48.5 Å². The van der Waals surface area contributed by atoms with Gasteiger partial charge >= 0.3 is 0 Å². The first-order valence-electron chi connectivity index (χ1n) is 8.45. The topological polar surface area (TPSA) is 74.0 Å². The summed E-state index contributed by atoms with van der Waals surface area (Å²) >= 11 is 6.01. The third-order valence-electron chi connectivity index (χ3n) is 4.74. The molecule has 0 aliphatic heterocycles. The highest BCUT2D eigenvalue weighted by Crippen LogP contribution is 2.31. The van der Waals surface area contributed by atoms with E-state index in [1.54, 1.807) is 12.1 Å². The molecule has 2 amide bonds. The minimum atomic E-state index is -0.230. The Kier molecular flexibility index (Phi) is 4.17. The number of halogens is 1. The van der Waals surface area contributed by atoms with Gasteiger partial charge in [0.05, 0.1) is 12.1 Å². The molecule has 1 aliphatic carbocycles. The molecule has 0 saturated carbocycles. The van der Waals surface area contributed by atoms with Crippen molar-refractivity contribution >= 4 is 34.3 Å². The molecule has 4 rings (SSSR count).